The van der Waals surface area contributed by atoms with Gasteiger partial charge in [0.25, 0.3) is 0 Å². The molecule has 0 spiro atoms. The first-order valence-electron chi connectivity index (χ1n) is 11.8. The predicted molar refractivity (Wildman–Crippen MR) is 135 cm³/mol. The second kappa shape index (κ2) is 10.5. The Labute approximate surface area is 219 Å². The van der Waals surface area contributed by atoms with Gasteiger partial charge in [-0.1, -0.05) is 18.7 Å². The predicted octanol–water partition coefficient (Wildman–Crippen LogP) is 2.12. The molecule has 38 heavy (non-hydrogen) atoms. The van der Waals surface area contributed by atoms with Crippen LogP contribution in [0.5, 0.6) is 0 Å². The van der Waals surface area contributed by atoms with E-state index in [-0.39, 0.29) is 67.0 Å². The van der Waals surface area contributed by atoms with Crippen molar-refractivity contribution >= 4 is 33.4 Å². The molecule has 4 rings (SSSR count). The molecule has 0 radical (unpaired) electrons. The number of hydroxylamine groups is 2. The first-order valence-corrected chi connectivity index (χ1v) is 13.2. The van der Waals surface area contributed by atoms with Crippen molar-refractivity contribution in [1.82, 2.24) is 14.3 Å². The van der Waals surface area contributed by atoms with Gasteiger partial charge in [0.15, 0.2) is 5.82 Å². The summed E-state index contributed by atoms with van der Waals surface area (Å²) in [6.07, 6.45) is -1.33. The van der Waals surface area contributed by atoms with Gasteiger partial charge in [-0.25, -0.2) is 22.8 Å². The summed E-state index contributed by atoms with van der Waals surface area (Å²) in [6, 6.07) is 11.7. The van der Waals surface area contributed by atoms with Crippen molar-refractivity contribution in [3.05, 3.63) is 66.0 Å². The Morgan fingerprint density at radius 2 is 1.97 bits per heavy atom. The van der Waals surface area contributed by atoms with Gasteiger partial charge in [-0.05, 0) is 25.1 Å². The van der Waals surface area contributed by atoms with Crippen molar-refractivity contribution in [3.63, 3.8) is 0 Å². The molecule has 11 nitrogen and oxygen atoms in total. The molecule has 2 aromatic rings. The molecule has 13 heteroatoms. The van der Waals surface area contributed by atoms with Crippen molar-refractivity contribution in [1.29, 1.82) is 5.26 Å². The molecule has 2 aliphatic heterocycles. The van der Waals surface area contributed by atoms with Gasteiger partial charge < -0.3 is 10.1 Å². The van der Waals surface area contributed by atoms with Gasteiger partial charge in [0.1, 0.15) is 25.3 Å². The Kier molecular flexibility index (Phi) is 7.52. The number of sulfonamides is 1. The van der Waals surface area contributed by atoms with Crippen LogP contribution in [0.15, 0.2) is 59.5 Å². The summed E-state index contributed by atoms with van der Waals surface area (Å²) < 4.78 is 46.9. The molecule has 2 fully saturated rings. The molecular weight excluding hydrogens is 517 g/mol. The first-order chi connectivity index (χ1) is 18.0. The first kappa shape index (κ1) is 27.2. The fraction of sp³-hybridized carbons (Fsp3) is 0.320. The summed E-state index contributed by atoms with van der Waals surface area (Å²) in [5, 5.41) is 23.0. The van der Waals surface area contributed by atoms with Crippen molar-refractivity contribution in [2.45, 2.75) is 17.9 Å². The minimum atomic E-state index is -3.98. The van der Waals surface area contributed by atoms with Crippen LogP contribution in [0.3, 0.4) is 0 Å². The number of carbonyl (C=O) groups excluding carboxylic acids is 2. The van der Waals surface area contributed by atoms with E-state index in [1.807, 2.05) is 6.07 Å². The van der Waals surface area contributed by atoms with Crippen LogP contribution in [-0.4, -0.2) is 75.3 Å². The number of hydrogen-bond acceptors (Lipinski definition) is 7. The topological polar surface area (TPSA) is 140 Å². The second-order valence-electron chi connectivity index (χ2n) is 9.12. The van der Waals surface area contributed by atoms with Gasteiger partial charge in [0.05, 0.1) is 42.3 Å². The zero-order valence-corrected chi connectivity index (χ0v) is 21.4. The van der Waals surface area contributed by atoms with Gasteiger partial charge in [-0.2, -0.15) is 9.57 Å². The molecule has 0 aromatic heterocycles. The number of rotatable bonds is 7. The lowest BCUT2D eigenvalue weighted by Gasteiger charge is -2.37. The number of cyclic esters (lactones) is 1. The standard InChI is InChI=1S/C25H26FN5O6S/c1-17(2)24(32)28-15-20-16-30(25(33)37-20)19-7-8-22(21(26)13-19)31(34)11-9-29(10-12-31)38(35,36)23-6-4-3-5-18(23)14-27/h3-8,13,20,34H,1,9-12,15-16H2,2H3/p+1/t20-/m0/s1. The molecule has 2 heterocycles. The molecule has 200 valence electrons. The van der Waals surface area contributed by atoms with Crippen LogP contribution in [0.4, 0.5) is 20.6 Å². The van der Waals surface area contributed by atoms with E-state index >= 15 is 4.39 Å². The van der Waals surface area contributed by atoms with E-state index in [1.165, 1.54) is 35.2 Å². The monoisotopic (exact) mass is 544 g/mol. The Balaban J connectivity index is 1.45. The number of nitrogens with zero attached hydrogens (tertiary/aromatic N) is 4. The summed E-state index contributed by atoms with van der Waals surface area (Å²) in [5.74, 6) is -1.14. The number of benzene rings is 2. The number of nitriles is 1. The van der Waals surface area contributed by atoms with Crippen molar-refractivity contribution in [2.75, 3.05) is 44.2 Å². The van der Waals surface area contributed by atoms with Crippen LogP contribution in [0.25, 0.3) is 0 Å². The Morgan fingerprint density at radius 3 is 2.61 bits per heavy atom. The average molecular weight is 545 g/mol. The number of nitrogens with one attached hydrogen (secondary N) is 1. The molecular formula is C25H27FN5O6S+. The maximum Gasteiger partial charge on any atom is 0.414 e. The Hall–Kier alpha value is -3.83. The molecule has 2 aromatic carbocycles. The number of piperazine rings is 1. The van der Waals surface area contributed by atoms with E-state index in [1.54, 1.807) is 13.0 Å². The van der Waals surface area contributed by atoms with E-state index < -0.39 is 32.7 Å². The van der Waals surface area contributed by atoms with E-state index in [2.05, 4.69) is 11.9 Å². The van der Waals surface area contributed by atoms with Crippen LogP contribution in [-0.2, 0) is 19.6 Å². The fourth-order valence-electron chi connectivity index (χ4n) is 4.38. The second-order valence-corrected chi connectivity index (χ2v) is 11.0. The Morgan fingerprint density at radius 1 is 1.29 bits per heavy atom. The molecule has 2 amide bonds. The third-order valence-electron chi connectivity index (χ3n) is 6.51. The highest BCUT2D eigenvalue weighted by molar-refractivity contribution is 7.89. The normalized spacial score (nSPS) is 19.5. The van der Waals surface area contributed by atoms with Crippen molar-refractivity contribution in [2.24, 2.45) is 0 Å². The van der Waals surface area contributed by atoms with Crippen molar-refractivity contribution < 1.29 is 32.3 Å². The lowest BCUT2D eigenvalue weighted by atomic mass is 10.2. The van der Waals surface area contributed by atoms with E-state index in [0.717, 1.165) is 10.4 Å². The average Bonchev–Trinajstić information content (AvgIpc) is 3.27. The molecule has 1 atom stereocenters. The SMILES string of the molecule is C=C(C)C(=O)NC[C@H]1CN(c2ccc([N+]3(O)CCN(S(=O)(=O)c4ccccc4C#N)CC3)c(F)c2)C(=O)O1. The smallest absolute Gasteiger partial charge is 0.414 e. The van der Waals surface area contributed by atoms with Gasteiger partial charge in [0, 0.05) is 17.7 Å². The number of amides is 2. The van der Waals surface area contributed by atoms with E-state index in [9.17, 15) is 28.5 Å². The lowest BCUT2D eigenvalue weighted by Crippen LogP contribution is -2.60. The number of hydrogen-bond donors (Lipinski definition) is 2. The quantitative estimate of drug-likeness (QED) is 0.402. The molecule has 0 saturated carbocycles. The molecule has 2 aliphatic rings. The van der Waals surface area contributed by atoms with E-state index in [0.29, 0.717) is 5.57 Å². The van der Waals surface area contributed by atoms with Crippen molar-refractivity contribution in [3.8, 4) is 6.07 Å². The third kappa shape index (κ3) is 5.25. The van der Waals surface area contributed by atoms with Crippen LogP contribution >= 0.6 is 0 Å². The third-order valence-corrected chi connectivity index (χ3v) is 8.46. The number of anilines is 1. The summed E-state index contributed by atoms with van der Waals surface area (Å²) in [4.78, 5) is 25.1. The number of quaternary nitrogens is 1. The van der Waals surface area contributed by atoms with Gasteiger partial charge in [0.2, 0.25) is 21.6 Å². The fourth-order valence-corrected chi connectivity index (χ4v) is 5.94. The lowest BCUT2D eigenvalue weighted by molar-refractivity contribution is -0.117. The zero-order valence-electron chi connectivity index (χ0n) is 20.6. The molecule has 0 aliphatic carbocycles. The van der Waals surface area contributed by atoms with Crippen LogP contribution < -0.4 is 14.9 Å². The van der Waals surface area contributed by atoms with Gasteiger partial charge in [-0.15, -0.1) is 4.65 Å². The van der Waals surface area contributed by atoms with E-state index in [4.69, 9.17) is 4.74 Å². The summed E-state index contributed by atoms with van der Waals surface area (Å²) >= 11 is 0. The Bertz CT molecular complexity index is 1430. The summed E-state index contributed by atoms with van der Waals surface area (Å²) in [5.41, 5.74) is 0.479. The number of ether oxygens (including phenoxy) is 1. The van der Waals surface area contributed by atoms with Gasteiger partial charge >= 0.3 is 6.09 Å². The van der Waals surface area contributed by atoms with Gasteiger partial charge in [-0.3, -0.25) is 9.69 Å². The highest BCUT2D eigenvalue weighted by Crippen LogP contribution is 2.32. The maximum atomic E-state index is 15.2. The zero-order chi connectivity index (χ0) is 27.7. The highest BCUT2D eigenvalue weighted by Gasteiger charge is 2.42. The molecule has 2 N–H and O–H groups in total. The molecule has 0 bridgehead atoms. The minimum Gasteiger partial charge on any atom is -0.442 e. The highest BCUT2D eigenvalue weighted by atomic mass is 32.2. The minimum absolute atomic E-state index is 0.0188. The number of halogens is 1. The number of carbonyl (C=O) groups is 2. The summed E-state index contributed by atoms with van der Waals surface area (Å²) in [7, 11) is -3.98. The molecule has 2 saturated heterocycles. The van der Waals surface area contributed by atoms with Crippen LogP contribution in [0.1, 0.15) is 12.5 Å². The van der Waals surface area contributed by atoms with Crippen LogP contribution in [0, 0.1) is 17.1 Å². The van der Waals surface area contributed by atoms with Crippen LogP contribution in [0.2, 0.25) is 0 Å². The largest absolute Gasteiger partial charge is 0.442 e. The maximum absolute atomic E-state index is 15.2. The molecule has 0 unspecified atom stereocenters. The summed E-state index contributed by atoms with van der Waals surface area (Å²) in [6.45, 7) is 4.80.